The number of hydrogen-bond acceptors (Lipinski definition) is 4. The summed E-state index contributed by atoms with van der Waals surface area (Å²) in [6.45, 7) is 6.47. The van der Waals surface area contributed by atoms with E-state index in [1.165, 1.54) is 0 Å². The minimum atomic E-state index is -0.215. The summed E-state index contributed by atoms with van der Waals surface area (Å²) in [7, 11) is 0. The average molecular weight is 298 g/mol. The van der Waals surface area contributed by atoms with E-state index in [4.69, 9.17) is 22.1 Å². The number of carbonyl (C=O) groups is 1. The van der Waals surface area contributed by atoms with Gasteiger partial charge in [-0.05, 0) is 32.0 Å². The van der Waals surface area contributed by atoms with Gasteiger partial charge in [-0.1, -0.05) is 11.6 Å². The molecule has 0 aliphatic carbocycles. The topological polar surface area (TPSA) is 67.6 Å². The highest BCUT2D eigenvalue weighted by Crippen LogP contribution is 2.24. The Kier molecular flexibility index (Phi) is 4.52. The molecule has 0 aromatic heterocycles. The van der Waals surface area contributed by atoms with Crippen molar-refractivity contribution in [3.8, 4) is 0 Å². The molecule has 1 aromatic carbocycles. The minimum absolute atomic E-state index is 0.102. The number of nitrogens with two attached hydrogens (primary N) is 1. The summed E-state index contributed by atoms with van der Waals surface area (Å²) in [6, 6.07) is 5.02. The number of carbonyl (C=O) groups excluding carboxylic acids is 1. The van der Waals surface area contributed by atoms with Crippen LogP contribution in [0.3, 0.4) is 0 Å². The molecule has 1 aliphatic heterocycles. The van der Waals surface area contributed by atoms with Crippen LogP contribution in [0.15, 0.2) is 18.2 Å². The normalized spacial score (nSPS) is 18.8. The number of benzene rings is 1. The van der Waals surface area contributed by atoms with E-state index in [0.29, 0.717) is 29.5 Å². The Balaban J connectivity index is 1.94. The number of morpholine rings is 1. The molecule has 0 atom stereocenters. The fourth-order valence-electron chi connectivity index (χ4n) is 2.28. The van der Waals surface area contributed by atoms with Crippen LogP contribution < -0.4 is 11.1 Å². The first kappa shape index (κ1) is 15.1. The number of ether oxygens (including phenoxy) is 1. The molecule has 0 unspecified atom stereocenters. The number of anilines is 2. The lowest BCUT2D eigenvalue weighted by Gasteiger charge is -2.37. The van der Waals surface area contributed by atoms with Gasteiger partial charge in [0, 0.05) is 18.8 Å². The third-order valence-electron chi connectivity index (χ3n) is 3.14. The molecular formula is C14H20ClN3O2. The van der Waals surface area contributed by atoms with E-state index in [1.54, 1.807) is 18.2 Å². The molecule has 0 spiro atoms. The molecule has 110 valence electrons. The average Bonchev–Trinajstić information content (AvgIpc) is 2.32. The number of rotatable bonds is 3. The van der Waals surface area contributed by atoms with Gasteiger partial charge in [-0.15, -0.1) is 0 Å². The summed E-state index contributed by atoms with van der Waals surface area (Å²) >= 11 is 6.02. The zero-order valence-corrected chi connectivity index (χ0v) is 12.5. The third-order valence-corrected chi connectivity index (χ3v) is 3.47. The van der Waals surface area contributed by atoms with Gasteiger partial charge in [0.2, 0.25) is 5.91 Å². The molecule has 6 heteroatoms. The van der Waals surface area contributed by atoms with Crippen LogP contribution in [0.1, 0.15) is 13.8 Å². The Morgan fingerprint density at radius 2 is 2.30 bits per heavy atom. The highest BCUT2D eigenvalue weighted by molar-refractivity contribution is 6.33. The maximum absolute atomic E-state index is 12.1. The molecule has 0 bridgehead atoms. The fourth-order valence-corrected chi connectivity index (χ4v) is 2.45. The van der Waals surface area contributed by atoms with E-state index in [0.717, 1.165) is 13.1 Å². The minimum Gasteiger partial charge on any atom is -0.399 e. The molecular weight excluding hydrogens is 278 g/mol. The van der Waals surface area contributed by atoms with Crippen molar-refractivity contribution in [2.24, 2.45) is 0 Å². The van der Waals surface area contributed by atoms with Gasteiger partial charge in [-0.3, -0.25) is 9.69 Å². The van der Waals surface area contributed by atoms with Crippen LogP contribution in [0.4, 0.5) is 11.4 Å². The second-order valence-corrected chi connectivity index (χ2v) is 6.01. The number of nitrogen functional groups attached to an aromatic ring is 1. The molecule has 1 heterocycles. The van der Waals surface area contributed by atoms with E-state index in [-0.39, 0.29) is 11.5 Å². The highest BCUT2D eigenvalue weighted by atomic mass is 35.5. The smallest absolute Gasteiger partial charge is 0.238 e. The van der Waals surface area contributed by atoms with E-state index in [9.17, 15) is 4.79 Å². The Morgan fingerprint density at radius 1 is 1.55 bits per heavy atom. The highest BCUT2D eigenvalue weighted by Gasteiger charge is 2.28. The summed E-state index contributed by atoms with van der Waals surface area (Å²) in [5.41, 5.74) is 6.58. The maximum Gasteiger partial charge on any atom is 0.238 e. The number of nitrogens with one attached hydrogen (secondary N) is 1. The standard InChI is InChI=1S/C14H20ClN3O2/c1-14(2)9-18(5-6-20-14)8-13(19)17-12-7-10(16)3-4-11(12)15/h3-4,7H,5-6,8-9,16H2,1-2H3,(H,17,19). The number of nitrogens with zero attached hydrogens (tertiary/aromatic N) is 1. The van der Waals surface area contributed by atoms with Gasteiger partial charge in [-0.25, -0.2) is 0 Å². The fraction of sp³-hybridized carbons (Fsp3) is 0.500. The molecule has 0 saturated carbocycles. The van der Waals surface area contributed by atoms with Gasteiger partial charge >= 0.3 is 0 Å². The van der Waals surface area contributed by atoms with Gasteiger partial charge in [0.1, 0.15) is 0 Å². The van der Waals surface area contributed by atoms with Crippen molar-refractivity contribution in [2.75, 3.05) is 37.3 Å². The Labute approximate surface area is 124 Å². The first-order valence-corrected chi connectivity index (χ1v) is 6.95. The van der Waals surface area contributed by atoms with Crippen molar-refractivity contribution in [3.63, 3.8) is 0 Å². The van der Waals surface area contributed by atoms with Crippen molar-refractivity contribution in [2.45, 2.75) is 19.4 Å². The zero-order chi connectivity index (χ0) is 14.8. The first-order chi connectivity index (χ1) is 9.35. The maximum atomic E-state index is 12.1. The van der Waals surface area contributed by atoms with E-state index < -0.39 is 0 Å². The second kappa shape index (κ2) is 5.99. The molecule has 5 nitrogen and oxygen atoms in total. The van der Waals surface area contributed by atoms with Crippen molar-refractivity contribution < 1.29 is 9.53 Å². The predicted octanol–water partition coefficient (Wildman–Crippen LogP) is 1.97. The van der Waals surface area contributed by atoms with Crippen LogP contribution in [0.5, 0.6) is 0 Å². The lowest BCUT2D eigenvalue weighted by molar-refractivity contribution is -0.122. The van der Waals surface area contributed by atoms with Gasteiger partial charge in [0.05, 0.1) is 29.5 Å². The molecule has 1 fully saturated rings. The summed E-state index contributed by atoms with van der Waals surface area (Å²) in [6.07, 6.45) is 0. The summed E-state index contributed by atoms with van der Waals surface area (Å²) in [5.74, 6) is -0.102. The second-order valence-electron chi connectivity index (χ2n) is 5.61. The quantitative estimate of drug-likeness (QED) is 0.837. The van der Waals surface area contributed by atoms with E-state index in [1.807, 2.05) is 13.8 Å². The molecule has 3 N–H and O–H groups in total. The molecule has 1 aromatic rings. The lowest BCUT2D eigenvalue weighted by Crippen LogP contribution is -2.50. The summed E-state index contributed by atoms with van der Waals surface area (Å²) < 4.78 is 5.62. The zero-order valence-electron chi connectivity index (χ0n) is 11.8. The first-order valence-electron chi connectivity index (χ1n) is 6.57. The van der Waals surface area contributed by atoms with Crippen LogP contribution in [-0.2, 0) is 9.53 Å². The van der Waals surface area contributed by atoms with Crippen LogP contribution in [-0.4, -0.2) is 42.6 Å². The van der Waals surface area contributed by atoms with Crippen molar-refractivity contribution in [3.05, 3.63) is 23.2 Å². The molecule has 2 rings (SSSR count). The van der Waals surface area contributed by atoms with E-state index in [2.05, 4.69) is 10.2 Å². The SMILES string of the molecule is CC1(C)CN(CC(=O)Nc2cc(N)ccc2Cl)CCO1. The van der Waals surface area contributed by atoms with Crippen LogP contribution >= 0.6 is 11.6 Å². The Morgan fingerprint density at radius 3 is 3.00 bits per heavy atom. The van der Waals surface area contributed by atoms with E-state index >= 15 is 0 Å². The van der Waals surface area contributed by atoms with Gasteiger partial charge in [0.25, 0.3) is 0 Å². The number of halogens is 1. The van der Waals surface area contributed by atoms with Gasteiger partial charge < -0.3 is 15.8 Å². The monoisotopic (exact) mass is 297 g/mol. The van der Waals surface area contributed by atoms with Crippen molar-refractivity contribution in [1.29, 1.82) is 0 Å². The van der Waals surface area contributed by atoms with Crippen molar-refractivity contribution >= 4 is 28.9 Å². The molecule has 1 saturated heterocycles. The predicted molar refractivity (Wildman–Crippen MR) is 81.0 cm³/mol. The molecule has 1 aliphatic rings. The van der Waals surface area contributed by atoms with Crippen LogP contribution in [0.25, 0.3) is 0 Å². The van der Waals surface area contributed by atoms with Gasteiger partial charge in [0.15, 0.2) is 0 Å². The van der Waals surface area contributed by atoms with Crippen molar-refractivity contribution in [1.82, 2.24) is 4.90 Å². The lowest BCUT2D eigenvalue weighted by atomic mass is 10.1. The number of hydrogen-bond donors (Lipinski definition) is 2. The Hall–Kier alpha value is -1.30. The molecule has 20 heavy (non-hydrogen) atoms. The third kappa shape index (κ3) is 4.10. The van der Waals surface area contributed by atoms with Crippen LogP contribution in [0, 0.1) is 0 Å². The summed E-state index contributed by atoms with van der Waals surface area (Å²) in [5, 5.41) is 3.27. The molecule has 0 radical (unpaired) electrons. The van der Waals surface area contributed by atoms with Crippen LogP contribution in [0.2, 0.25) is 5.02 Å². The number of amides is 1. The largest absolute Gasteiger partial charge is 0.399 e. The summed E-state index contributed by atoms with van der Waals surface area (Å²) in [4.78, 5) is 14.1. The Bertz CT molecular complexity index is 505. The van der Waals surface area contributed by atoms with Gasteiger partial charge in [-0.2, -0.15) is 0 Å². The molecule has 1 amide bonds.